The average Bonchev–Trinajstić information content (AvgIpc) is 3.19. The molecule has 0 radical (unpaired) electrons. The molecule has 0 fully saturated rings. The Morgan fingerprint density at radius 3 is 2.66 bits per heavy atom. The highest BCUT2D eigenvalue weighted by Crippen LogP contribution is 2.34. The third kappa shape index (κ3) is 4.38. The lowest BCUT2D eigenvalue weighted by Gasteiger charge is -2.16. The highest BCUT2D eigenvalue weighted by Gasteiger charge is 2.16. The first-order valence-electron chi connectivity index (χ1n) is 8.77. The minimum atomic E-state index is -1.02. The lowest BCUT2D eigenvalue weighted by Crippen LogP contribution is -2.06. The number of carboxylic acids is 1. The Kier molecular flexibility index (Phi) is 6.13. The first kappa shape index (κ1) is 20.3. The standard InChI is InChI=1S/C21H21N3O4S/c1-5-6-14-12(2)22-20(17-9-10-18(28-4)29-17)24-19(14)23-15-8-7-13(21(25)26)11-16(15)27-3/h5,7-11H,1,6H2,2-4H3,(H,25,26)(H,22,23,24). The number of aromatic nitrogens is 2. The van der Waals surface area contributed by atoms with Gasteiger partial charge in [-0.15, -0.1) is 6.58 Å². The molecule has 0 bridgehead atoms. The summed E-state index contributed by atoms with van der Waals surface area (Å²) in [5, 5.41) is 13.3. The zero-order valence-corrected chi connectivity index (χ0v) is 17.2. The maximum atomic E-state index is 11.2. The number of hydrogen-bond acceptors (Lipinski definition) is 7. The van der Waals surface area contributed by atoms with Crippen molar-refractivity contribution in [1.29, 1.82) is 0 Å². The highest BCUT2D eigenvalue weighted by atomic mass is 32.1. The van der Waals surface area contributed by atoms with Gasteiger partial charge in [0.1, 0.15) is 11.6 Å². The number of rotatable bonds is 8. The van der Waals surface area contributed by atoms with E-state index in [-0.39, 0.29) is 5.56 Å². The van der Waals surface area contributed by atoms with Crippen molar-refractivity contribution >= 4 is 28.8 Å². The summed E-state index contributed by atoms with van der Waals surface area (Å²) in [7, 11) is 3.11. The highest BCUT2D eigenvalue weighted by molar-refractivity contribution is 7.17. The molecule has 0 spiro atoms. The molecule has 0 aliphatic rings. The lowest BCUT2D eigenvalue weighted by molar-refractivity contribution is 0.0696. The summed E-state index contributed by atoms with van der Waals surface area (Å²) >= 11 is 1.46. The number of thiophene rings is 1. The number of carbonyl (C=O) groups is 1. The molecule has 0 aliphatic heterocycles. The van der Waals surface area contributed by atoms with Gasteiger partial charge in [0.15, 0.2) is 10.9 Å². The molecule has 2 aromatic heterocycles. The molecule has 3 aromatic rings. The topological polar surface area (TPSA) is 93.6 Å². The van der Waals surface area contributed by atoms with Crippen LogP contribution < -0.4 is 14.8 Å². The Balaban J connectivity index is 2.07. The van der Waals surface area contributed by atoms with Gasteiger partial charge in [-0.1, -0.05) is 17.4 Å². The van der Waals surface area contributed by atoms with Gasteiger partial charge in [-0.3, -0.25) is 0 Å². The molecule has 0 amide bonds. The predicted molar refractivity (Wildman–Crippen MR) is 114 cm³/mol. The summed E-state index contributed by atoms with van der Waals surface area (Å²) in [6, 6.07) is 8.43. The van der Waals surface area contributed by atoms with Crippen LogP contribution in [-0.4, -0.2) is 35.3 Å². The molecule has 3 rings (SSSR count). The van der Waals surface area contributed by atoms with Crippen molar-refractivity contribution in [2.45, 2.75) is 13.3 Å². The van der Waals surface area contributed by atoms with Crippen LogP contribution in [0.2, 0.25) is 0 Å². The second-order valence-electron chi connectivity index (χ2n) is 6.12. The molecule has 1 aromatic carbocycles. The normalized spacial score (nSPS) is 10.4. The largest absolute Gasteiger partial charge is 0.495 e. The van der Waals surface area contributed by atoms with E-state index in [9.17, 15) is 9.90 Å². The van der Waals surface area contributed by atoms with E-state index in [1.807, 2.05) is 19.1 Å². The van der Waals surface area contributed by atoms with E-state index in [4.69, 9.17) is 14.5 Å². The minimum absolute atomic E-state index is 0.143. The lowest BCUT2D eigenvalue weighted by atomic mass is 10.1. The van der Waals surface area contributed by atoms with Gasteiger partial charge in [0, 0.05) is 11.3 Å². The van der Waals surface area contributed by atoms with E-state index >= 15 is 0 Å². The minimum Gasteiger partial charge on any atom is -0.495 e. The van der Waals surface area contributed by atoms with Gasteiger partial charge in [-0.05, 0) is 43.7 Å². The van der Waals surface area contributed by atoms with Crippen LogP contribution in [0.4, 0.5) is 11.5 Å². The Labute approximate surface area is 172 Å². The van der Waals surface area contributed by atoms with E-state index in [0.29, 0.717) is 29.5 Å². The number of allylic oxidation sites excluding steroid dienone is 1. The molecular formula is C21H21N3O4S. The number of benzene rings is 1. The second-order valence-corrected chi connectivity index (χ2v) is 7.17. The van der Waals surface area contributed by atoms with Crippen LogP contribution in [0.1, 0.15) is 21.6 Å². The van der Waals surface area contributed by atoms with Gasteiger partial charge in [0.25, 0.3) is 0 Å². The summed E-state index contributed by atoms with van der Waals surface area (Å²) in [5.41, 5.74) is 2.47. The Morgan fingerprint density at radius 2 is 2.03 bits per heavy atom. The molecule has 2 N–H and O–H groups in total. The van der Waals surface area contributed by atoms with E-state index in [2.05, 4.69) is 16.9 Å². The van der Waals surface area contributed by atoms with Gasteiger partial charge < -0.3 is 19.9 Å². The number of anilines is 2. The molecule has 150 valence electrons. The van der Waals surface area contributed by atoms with E-state index in [1.54, 1.807) is 19.3 Å². The fourth-order valence-corrected chi connectivity index (χ4v) is 3.56. The maximum absolute atomic E-state index is 11.2. The van der Waals surface area contributed by atoms with Crippen LogP contribution in [-0.2, 0) is 6.42 Å². The number of nitrogens with one attached hydrogen (secondary N) is 1. The van der Waals surface area contributed by atoms with Crippen molar-refractivity contribution in [3.8, 4) is 21.5 Å². The molecule has 2 heterocycles. The number of hydrogen-bond donors (Lipinski definition) is 2. The predicted octanol–water partition coefficient (Wildman–Crippen LogP) is 4.70. The quantitative estimate of drug-likeness (QED) is 0.519. The van der Waals surface area contributed by atoms with Gasteiger partial charge in [-0.25, -0.2) is 14.8 Å². The Hall–Kier alpha value is -3.39. The summed E-state index contributed by atoms with van der Waals surface area (Å²) in [5.74, 6) is 0.576. The van der Waals surface area contributed by atoms with Crippen molar-refractivity contribution < 1.29 is 19.4 Å². The number of methoxy groups -OCH3 is 2. The van der Waals surface area contributed by atoms with E-state index in [1.165, 1.54) is 30.6 Å². The fourth-order valence-electron chi connectivity index (χ4n) is 2.80. The smallest absolute Gasteiger partial charge is 0.335 e. The first-order valence-corrected chi connectivity index (χ1v) is 9.59. The zero-order chi connectivity index (χ0) is 21.0. The number of aromatic carboxylic acids is 1. The zero-order valence-electron chi connectivity index (χ0n) is 16.4. The van der Waals surface area contributed by atoms with Crippen LogP contribution >= 0.6 is 11.3 Å². The Bertz CT molecular complexity index is 1060. The average molecular weight is 411 g/mol. The van der Waals surface area contributed by atoms with Gasteiger partial charge in [-0.2, -0.15) is 0 Å². The SMILES string of the molecule is C=CCc1c(C)nc(-c2ccc(OC)s2)nc1Nc1ccc(C(=O)O)cc1OC. The maximum Gasteiger partial charge on any atom is 0.335 e. The summed E-state index contributed by atoms with van der Waals surface area (Å²) < 4.78 is 10.6. The van der Waals surface area contributed by atoms with E-state index < -0.39 is 5.97 Å². The van der Waals surface area contributed by atoms with Crippen molar-refractivity contribution in [1.82, 2.24) is 9.97 Å². The number of carboxylic acid groups (broad SMARTS) is 1. The van der Waals surface area contributed by atoms with Crippen molar-refractivity contribution in [2.75, 3.05) is 19.5 Å². The number of ether oxygens (including phenoxy) is 2. The summed E-state index contributed by atoms with van der Waals surface area (Å²) in [6.45, 7) is 5.74. The number of aryl methyl sites for hydroxylation is 1. The monoisotopic (exact) mass is 411 g/mol. The van der Waals surface area contributed by atoms with Crippen molar-refractivity contribution in [3.63, 3.8) is 0 Å². The molecule has 0 atom stereocenters. The van der Waals surface area contributed by atoms with E-state index in [0.717, 1.165) is 21.2 Å². The molecule has 29 heavy (non-hydrogen) atoms. The van der Waals surface area contributed by atoms with Gasteiger partial charge in [0.05, 0.1) is 30.3 Å². The van der Waals surface area contributed by atoms with Crippen LogP contribution in [0.15, 0.2) is 43.0 Å². The van der Waals surface area contributed by atoms with Crippen LogP contribution in [0, 0.1) is 6.92 Å². The summed E-state index contributed by atoms with van der Waals surface area (Å²) in [6.07, 6.45) is 2.37. The summed E-state index contributed by atoms with van der Waals surface area (Å²) in [4.78, 5) is 21.5. The third-order valence-electron chi connectivity index (χ3n) is 4.27. The molecule has 0 saturated carbocycles. The van der Waals surface area contributed by atoms with Crippen molar-refractivity contribution in [2.24, 2.45) is 0 Å². The molecule has 7 nitrogen and oxygen atoms in total. The fraction of sp³-hybridized carbons (Fsp3) is 0.190. The molecule has 0 unspecified atom stereocenters. The first-order chi connectivity index (χ1) is 14.0. The molecule has 0 aliphatic carbocycles. The Morgan fingerprint density at radius 1 is 1.24 bits per heavy atom. The van der Waals surface area contributed by atoms with Crippen molar-refractivity contribution in [3.05, 3.63) is 59.8 Å². The molecular weight excluding hydrogens is 390 g/mol. The van der Waals surface area contributed by atoms with Crippen LogP contribution in [0.25, 0.3) is 10.7 Å². The molecule has 8 heteroatoms. The van der Waals surface area contributed by atoms with Crippen LogP contribution in [0.5, 0.6) is 10.8 Å². The van der Waals surface area contributed by atoms with Crippen LogP contribution in [0.3, 0.4) is 0 Å². The third-order valence-corrected chi connectivity index (χ3v) is 5.31. The second kappa shape index (κ2) is 8.74. The van der Waals surface area contributed by atoms with Gasteiger partial charge in [0.2, 0.25) is 0 Å². The van der Waals surface area contributed by atoms with Gasteiger partial charge >= 0.3 is 5.97 Å². The number of nitrogens with zero attached hydrogens (tertiary/aromatic N) is 2. The molecule has 0 saturated heterocycles.